The molecule has 0 heterocycles. The van der Waals surface area contributed by atoms with Crippen LogP contribution in [-0.2, 0) is 11.4 Å². The van der Waals surface area contributed by atoms with E-state index in [-0.39, 0.29) is 17.9 Å². The summed E-state index contributed by atoms with van der Waals surface area (Å²) in [5.41, 5.74) is 3.67. The monoisotopic (exact) mass is 549 g/mol. The van der Waals surface area contributed by atoms with Crippen LogP contribution in [0, 0.1) is 35.3 Å². The topological polar surface area (TPSA) is 114 Å². The molecule has 0 aliphatic rings. The zero-order chi connectivity index (χ0) is 26.2. The highest BCUT2D eigenvalue weighted by Crippen LogP contribution is 2.35. The van der Waals surface area contributed by atoms with E-state index >= 15 is 0 Å². The number of nitrogens with zero attached hydrogens (tertiary/aromatic N) is 2. The van der Waals surface area contributed by atoms with E-state index in [1.807, 2.05) is 39.0 Å². The molecule has 0 saturated carbocycles. The molecule has 9 heteroatoms. The highest BCUT2D eigenvalue weighted by atomic mass is 79.9. The van der Waals surface area contributed by atoms with E-state index in [9.17, 15) is 20.2 Å². The highest BCUT2D eigenvalue weighted by Gasteiger charge is 2.16. The van der Waals surface area contributed by atoms with Gasteiger partial charge in [0.05, 0.1) is 11.5 Å². The van der Waals surface area contributed by atoms with Crippen molar-refractivity contribution < 1.29 is 19.2 Å². The van der Waals surface area contributed by atoms with Gasteiger partial charge in [-0.3, -0.25) is 14.9 Å². The Morgan fingerprint density at radius 1 is 1.14 bits per heavy atom. The van der Waals surface area contributed by atoms with Crippen LogP contribution in [0.1, 0.15) is 29.2 Å². The van der Waals surface area contributed by atoms with Gasteiger partial charge in [0, 0.05) is 22.3 Å². The second-order valence-electron chi connectivity index (χ2n) is 7.84. The summed E-state index contributed by atoms with van der Waals surface area (Å²) in [7, 11) is 0. The lowest BCUT2D eigenvalue weighted by molar-refractivity contribution is -0.384. The van der Waals surface area contributed by atoms with E-state index < -0.39 is 10.8 Å². The van der Waals surface area contributed by atoms with Crippen LogP contribution >= 0.6 is 15.9 Å². The summed E-state index contributed by atoms with van der Waals surface area (Å²) in [6, 6.07) is 17.0. The molecule has 0 aliphatic carbocycles. The fraction of sp³-hybridized carbons (Fsp3) is 0.185. The molecule has 0 radical (unpaired) electrons. The molecule has 36 heavy (non-hydrogen) atoms. The Labute approximate surface area is 217 Å². The van der Waals surface area contributed by atoms with Crippen molar-refractivity contribution in [3.63, 3.8) is 0 Å². The smallest absolute Gasteiger partial charge is 0.269 e. The number of nitrogens with one attached hydrogen (secondary N) is 1. The summed E-state index contributed by atoms with van der Waals surface area (Å²) in [5, 5.41) is 23.5. The SMILES string of the molecule is CCOc1cc(/C=C(\C#N)C(=O)Nc2cccc(C)c2C)c(Br)cc1OCc1cccc([N+](=O)[O-])c1. The van der Waals surface area contributed by atoms with Gasteiger partial charge in [-0.15, -0.1) is 0 Å². The van der Waals surface area contributed by atoms with Crippen LogP contribution in [0.2, 0.25) is 0 Å². The predicted octanol–water partition coefficient (Wildman–Crippen LogP) is 6.50. The first-order valence-electron chi connectivity index (χ1n) is 11.0. The Morgan fingerprint density at radius 2 is 1.86 bits per heavy atom. The van der Waals surface area contributed by atoms with Crippen LogP contribution in [0.15, 0.2) is 64.6 Å². The number of ether oxygens (including phenoxy) is 2. The lowest BCUT2D eigenvalue weighted by Crippen LogP contribution is -2.14. The van der Waals surface area contributed by atoms with Crippen LogP contribution in [0.25, 0.3) is 6.08 Å². The number of nitriles is 1. The molecular weight excluding hydrogens is 526 g/mol. The Morgan fingerprint density at radius 3 is 2.56 bits per heavy atom. The second kappa shape index (κ2) is 12.0. The van der Waals surface area contributed by atoms with Crippen LogP contribution < -0.4 is 14.8 Å². The first kappa shape index (κ1) is 26.4. The number of rotatable bonds is 9. The Kier molecular flexibility index (Phi) is 8.81. The number of benzene rings is 3. The van der Waals surface area contributed by atoms with Gasteiger partial charge in [0.15, 0.2) is 11.5 Å². The Hall–Kier alpha value is -4.16. The molecule has 1 N–H and O–H groups in total. The first-order chi connectivity index (χ1) is 17.2. The van der Waals surface area contributed by atoms with E-state index in [1.165, 1.54) is 18.2 Å². The minimum Gasteiger partial charge on any atom is -0.490 e. The average Bonchev–Trinajstić information content (AvgIpc) is 2.86. The lowest BCUT2D eigenvalue weighted by atomic mass is 10.1. The third kappa shape index (κ3) is 6.49. The number of nitro groups is 1. The van der Waals surface area contributed by atoms with E-state index in [4.69, 9.17) is 9.47 Å². The minimum atomic E-state index is -0.526. The van der Waals surface area contributed by atoms with Crippen molar-refractivity contribution in [3.05, 3.63) is 97.0 Å². The van der Waals surface area contributed by atoms with E-state index in [1.54, 1.807) is 30.3 Å². The van der Waals surface area contributed by atoms with Crippen LogP contribution in [-0.4, -0.2) is 17.4 Å². The molecule has 0 fully saturated rings. The number of anilines is 1. The second-order valence-corrected chi connectivity index (χ2v) is 8.69. The van der Waals surface area contributed by atoms with Crippen molar-refractivity contribution in [2.75, 3.05) is 11.9 Å². The maximum absolute atomic E-state index is 12.8. The van der Waals surface area contributed by atoms with E-state index in [2.05, 4.69) is 21.2 Å². The summed E-state index contributed by atoms with van der Waals surface area (Å²) in [6.45, 7) is 6.11. The maximum atomic E-state index is 12.8. The largest absolute Gasteiger partial charge is 0.490 e. The number of hydrogen-bond donors (Lipinski definition) is 1. The lowest BCUT2D eigenvalue weighted by Gasteiger charge is -2.14. The molecule has 3 rings (SSSR count). The standard InChI is InChI=1S/C27H24BrN3O5/c1-4-35-25-13-20(12-21(15-29)27(32)30-24-10-5-7-17(2)18(24)3)23(28)14-26(25)36-16-19-8-6-9-22(11-19)31(33)34/h5-14H,4,16H2,1-3H3,(H,30,32)/b21-12+. The number of halogens is 1. The quantitative estimate of drug-likeness (QED) is 0.141. The summed E-state index contributed by atoms with van der Waals surface area (Å²) in [5.74, 6) is 0.289. The number of carbonyl (C=O) groups excluding carboxylic acids is 1. The molecule has 0 aliphatic heterocycles. The molecule has 184 valence electrons. The fourth-order valence-corrected chi connectivity index (χ4v) is 3.78. The van der Waals surface area contributed by atoms with Crippen molar-refractivity contribution >= 4 is 39.3 Å². The van der Waals surface area contributed by atoms with Crippen molar-refractivity contribution in [1.29, 1.82) is 5.26 Å². The van der Waals surface area contributed by atoms with Gasteiger partial charge in [-0.1, -0.05) is 40.2 Å². The molecule has 0 spiro atoms. The molecule has 0 aromatic heterocycles. The average molecular weight is 550 g/mol. The Bertz CT molecular complexity index is 1380. The first-order valence-corrected chi connectivity index (χ1v) is 11.8. The van der Waals surface area contributed by atoms with Gasteiger partial charge in [-0.2, -0.15) is 5.26 Å². The molecule has 0 bridgehead atoms. The maximum Gasteiger partial charge on any atom is 0.269 e. The predicted molar refractivity (Wildman–Crippen MR) is 141 cm³/mol. The summed E-state index contributed by atoms with van der Waals surface area (Å²) in [6.07, 6.45) is 1.47. The zero-order valence-corrected chi connectivity index (χ0v) is 21.6. The van der Waals surface area contributed by atoms with Gasteiger partial charge < -0.3 is 14.8 Å². The number of hydrogen-bond acceptors (Lipinski definition) is 6. The van der Waals surface area contributed by atoms with E-state index in [0.29, 0.717) is 39.4 Å². The molecule has 1 amide bonds. The zero-order valence-electron chi connectivity index (χ0n) is 20.0. The highest BCUT2D eigenvalue weighted by molar-refractivity contribution is 9.10. The van der Waals surface area contributed by atoms with Crippen molar-refractivity contribution in [1.82, 2.24) is 0 Å². The number of aryl methyl sites for hydroxylation is 1. The summed E-state index contributed by atoms with van der Waals surface area (Å²) >= 11 is 3.47. The normalized spacial score (nSPS) is 10.9. The van der Waals surface area contributed by atoms with Crippen molar-refractivity contribution in [2.45, 2.75) is 27.4 Å². The fourth-order valence-electron chi connectivity index (χ4n) is 3.34. The third-order valence-corrected chi connectivity index (χ3v) is 6.08. The molecule has 3 aromatic rings. The molecule has 8 nitrogen and oxygen atoms in total. The third-order valence-electron chi connectivity index (χ3n) is 5.40. The van der Waals surface area contributed by atoms with Gasteiger partial charge in [-0.25, -0.2) is 0 Å². The molecule has 0 atom stereocenters. The van der Waals surface area contributed by atoms with Gasteiger partial charge in [0.2, 0.25) is 0 Å². The van der Waals surface area contributed by atoms with Crippen LogP contribution in [0.3, 0.4) is 0 Å². The Balaban J connectivity index is 1.86. The number of amides is 1. The number of nitro benzene ring substituents is 1. The van der Waals surface area contributed by atoms with Gasteiger partial charge in [-0.05, 0) is 67.3 Å². The molecule has 0 unspecified atom stereocenters. The van der Waals surface area contributed by atoms with Crippen molar-refractivity contribution in [3.8, 4) is 17.6 Å². The molecular formula is C27H24BrN3O5. The molecule has 3 aromatic carbocycles. The van der Waals surface area contributed by atoms with Crippen LogP contribution in [0.4, 0.5) is 11.4 Å². The van der Waals surface area contributed by atoms with Crippen LogP contribution in [0.5, 0.6) is 11.5 Å². The number of non-ortho nitro benzene ring substituents is 1. The summed E-state index contributed by atoms with van der Waals surface area (Å²) in [4.78, 5) is 23.4. The van der Waals surface area contributed by atoms with Crippen molar-refractivity contribution in [2.24, 2.45) is 0 Å². The van der Waals surface area contributed by atoms with E-state index in [0.717, 1.165) is 11.1 Å². The van der Waals surface area contributed by atoms with Gasteiger partial charge in [0.25, 0.3) is 11.6 Å². The van der Waals surface area contributed by atoms with Gasteiger partial charge >= 0.3 is 0 Å². The molecule has 0 saturated heterocycles. The minimum absolute atomic E-state index is 0.0223. The number of carbonyl (C=O) groups is 1. The summed E-state index contributed by atoms with van der Waals surface area (Å²) < 4.78 is 12.2. The van der Waals surface area contributed by atoms with Gasteiger partial charge in [0.1, 0.15) is 18.2 Å².